The number of hydrogen-bond donors (Lipinski definition) is 3. The van der Waals surface area contributed by atoms with Crippen molar-refractivity contribution in [2.24, 2.45) is 5.92 Å². The highest BCUT2D eigenvalue weighted by Gasteiger charge is 2.27. The summed E-state index contributed by atoms with van der Waals surface area (Å²) >= 11 is 0. The molecule has 22 heavy (non-hydrogen) atoms. The van der Waals surface area contributed by atoms with Crippen molar-refractivity contribution < 1.29 is 9.59 Å². The van der Waals surface area contributed by atoms with Crippen LogP contribution in [0.25, 0.3) is 0 Å². The zero-order valence-corrected chi connectivity index (χ0v) is 14.0. The number of aromatic nitrogens is 1. The van der Waals surface area contributed by atoms with E-state index in [2.05, 4.69) is 29.5 Å². The van der Waals surface area contributed by atoms with Crippen molar-refractivity contribution in [3.05, 3.63) is 22.5 Å². The minimum absolute atomic E-state index is 0.0199. The van der Waals surface area contributed by atoms with E-state index < -0.39 is 0 Å². The van der Waals surface area contributed by atoms with E-state index in [9.17, 15) is 9.59 Å². The number of Topliss-reactive ketones (excluding diaryl/α,β-unsaturated/α-hetero) is 1. The zero-order valence-electron chi connectivity index (χ0n) is 14.0. The van der Waals surface area contributed by atoms with E-state index in [4.69, 9.17) is 0 Å². The van der Waals surface area contributed by atoms with Gasteiger partial charge in [-0.3, -0.25) is 9.59 Å². The molecule has 0 spiro atoms. The number of rotatable bonds is 5. The molecule has 0 saturated carbocycles. The Balaban J connectivity index is 2.25. The number of ketones is 1. The Labute approximate surface area is 132 Å². The van der Waals surface area contributed by atoms with E-state index in [-0.39, 0.29) is 17.7 Å². The van der Waals surface area contributed by atoms with Crippen molar-refractivity contribution in [2.45, 2.75) is 53.0 Å². The van der Waals surface area contributed by atoms with Crippen molar-refractivity contribution >= 4 is 11.7 Å². The maximum Gasteiger partial charge on any atom is 0.268 e. The number of carbonyl (C=O) groups is 2. The van der Waals surface area contributed by atoms with Crippen LogP contribution in [0.1, 0.15) is 65.7 Å². The van der Waals surface area contributed by atoms with Crippen LogP contribution in [0, 0.1) is 12.8 Å². The van der Waals surface area contributed by atoms with Crippen LogP contribution in [0.4, 0.5) is 0 Å². The summed E-state index contributed by atoms with van der Waals surface area (Å²) in [5.41, 5.74) is 2.91. The van der Waals surface area contributed by atoms with Crippen molar-refractivity contribution in [1.82, 2.24) is 15.6 Å². The third kappa shape index (κ3) is 3.40. The highest BCUT2D eigenvalue weighted by molar-refractivity contribution is 6.02. The summed E-state index contributed by atoms with van der Waals surface area (Å²) in [5.74, 6) is 0.347. The largest absolute Gasteiger partial charge is 0.354 e. The Morgan fingerprint density at radius 2 is 2.09 bits per heavy atom. The van der Waals surface area contributed by atoms with Gasteiger partial charge < -0.3 is 15.6 Å². The van der Waals surface area contributed by atoms with Gasteiger partial charge in [-0.25, -0.2) is 0 Å². The molecule has 1 aliphatic heterocycles. The van der Waals surface area contributed by atoms with Crippen molar-refractivity contribution in [3.8, 4) is 0 Å². The molecule has 1 aromatic rings. The number of hydrogen-bond acceptors (Lipinski definition) is 3. The number of piperidine rings is 1. The molecule has 1 saturated heterocycles. The van der Waals surface area contributed by atoms with Crippen LogP contribution >= 0.6 is 0 Å². The number of carbonyl (C=O) groups excluding carboxylic acids is 2. The van der Waals surface area contributed by atoms with E-state index >= 15 is 0 Å². The minimum atomic E-state index is -0.0854. The number of amides is 1. The predicted octanol–water partition coefficient (Wildman–Crippen LogP) is 2.21. The van der Waals surface area contributed by atoms with Gasteiger partial charge in [0.2, 0.25) is 0 Å². The zero-order chi connectivity index (χ0) is 16.3. The summed E-state index contributed by atoms with van der Waals surface area (Å²) in [7, 11) is 0. The second-order valence-electron chi connectivity index (χ2n) is 6.33. The predicted molar refractivity (Wildman–Crippen MR) is 87.4 cm³/mol. The molecule has 2 unspecified atom stereocenters. The molecule has 122 valence electrons. The molecular formula is C17H27N3O2. The fraction of sp³-hybridized carbons (Fsp3) is 0.647. The lowest BCUT2D eigenvalue weighted by molar-refractivity contribution is 0.0908. The first kappa shape index (κ1) is 16.7. The van der Waals surface area contributed by atoms with Crippen LogP contribution in [0.2, 0.25) is 0 Å². The highest BCUT2D eigenvalue weighted by atomic mass is 16.2. The van der Waals surface area contributed by atoms with Crippen LogP contribution in [0.3, 0.4) is 0 Å². The van der Waals surface area contributed by atoms with Gasteiger partial charge in [0.1, 0.15) is 5.69 Å². The van der Waals surface area contributed by atoms with Gasteiger partial charge in [-0.2, -0.15) is 0 Å². The average molecular weight is 305 g/mol. The molecule has 2 rings (SSSR count). The Bertz CT molecular complexity index is 562. The highest BCUT2D eigenvalue weighted by Crippen LogP contribution is 2.22. The summed E-state index contributed by atoms with van der Waals surface area (Å²) in [6.07, 6.45) is 2.58. The van der Waals surface area contributed by atoms with Crippen LogP contribution in [0.5, 0.6) is 0 Å². The fourth-order valence-corrected chi connectivity index (χ4v) is 3.32. The van der Waals surface area contributed by atoms with E-state index in [0.717, 1.165) is 43.6 Å². The topological polar surface area (TPSA) is 74.0 Å². The van der Waals surface area contributed by atoms with Gasteiger partial charge in [0, 0.05) is 17.3 Å². The average Bonchev–Trinajstić information content (AvgIpc) is 2.78. The number of nitrogens with one attached hydrogen (secondary N) is 3. The molecule has 2 atom stereocenters. The molecule has 0 radical (unpaired) electrons. The maximum absolute atomic E-state index is 12.7. The van der Waals surface area contributed by atoms with Crippen LogP contribution in [-0.2, 0) is 6.42 Å². The van der Waals surface area contributed by atoms with E-state index in [1.165, 1.54) is 0 Å². The minimum Gasteiger partial charge on any atom is -0.354 e. The standard InChI is InChI=1S/C17H27N3O2/c1-5-6-13-15(12(4)21)11(3)19-16(13)17(22)20-14-7-8-18-9-10(14)2/h10,14,18-19H,5-9H2,1-4H3,(H,20,22). The first-order chi connectivity index (χ1) is 10.5. The third-order valence-electron chi connectivity index (χ3n) is 4.47. The molecule has 1 aromatic heterocycles. The first-order valence-corrected chi connectivity index (χ1v) is 8.19. The Morgan fingerprint density at radius 1 is 1.36 bits per heavy atom. The number of aryl methyl sites for hydroxylation is 1. The van der Waals surface area contributed by atoms with Gasteiger partial charge in [-0.15, -0.1) is 0 Å². The summed E-state index contributed by atoms with van der Waals surface area (Å²) in [6.45, 7) is 9.48. The molecule has 0 bridgehead atoms. The van der Waals surface area contributed by atoms with Crippen molar-refractivity contribution in [3.63, 3.8) is 0 Å². The van der Waals surface area contributed by atoms with Gasteiger partial charge in [-0.05, 0) is 51.3 Å². The second kappa shape index (κ2) is 7.09. The maximum atomic E-state index is 12.7. The molecule has 0 aromatic carbocycles. The van der Waals surface area contributed by atoms with E-state index in [1.807, 2.05) is 6.92 Å². The van der Waals surface area contributed by atoms with Gasteiger partial charge in [0.15, 0.2) is 5.78 Å². The van der Waals surface area contributed by atoms with Crippen molar-refractivity contribution in [1.29, 1.82) is 0 Å². The molecule has 2 heterocycles. The van der Waals surface area contributed by atoms with Crippen molar-refractivity contribution in [2.75, 3.05) is 13.1 Å². The van der Waals surface area contributed by atoms with Crippen LogP contribution in [-0.4, -0.2) is 35.8 Å². The second-order valence-corrected chi connectivity index (χ2v) is 6.33. The lowest BCUT2D eigenvalue weighted by Gasteiger charge is -2.30. The van der Waals surface area contributed by atoms with E-state index in [1.54, 1.807) is 6.92 Å². The normalized spacial score (nSPS) is 21.6. The fourth-order valence-electron chi connectivity index (χ4n) is 3.32. The Hall–Kier alpha value is -1.62. The monoisotopic (exact) mass is 305 g/mol. The van der Waals surface area contributed by atoms with E-state index in [0.29, 0.717) is 17.2 Å². The lowest BCUT2D eigenvalue weighted by atomic mass is 9.95. The molecule has 0 aliphatic carbocycles. The molecule has 5 nitrogen and oxygen atoms in total. The Morgan fingerprint density at radius 3 is 2.68 bits per heavy atom. The van der Waals surface area contributed by atoms with Gasteiger partial charge in [0.05, 0.1) is 0 Å². The molecular weight excluding hydrogens is 278 g/mol. The van der Waals surface area contributed by atoms with Crippen LogP contribution in [0.15, 0.2) is 0 Å². The smallest absolute Gasteiger partial charge is 0.268 e. The Kier molecular flexibility index (Phi) is 5.40. The number of H-pyrrole nitrogens is 1. The van der Waals surface area contributed by atoms with Gasteiger partial charge in [-0.1, -0.05) is 20.3 Å². The molecule has 1 fully saturated rings. The lowest BCUT2D eigenvalue weighted by Crippen LogP contribution is -2.48. The number of aromatic amines is 1. The quantitative estimate of drug-likeness (QED) is 0.730. The first-order valence-electron chi connectivity index (χ1n) is 8.19. The molecule has 1 aliphatic rings. The van der Waals surface area contributed by atoms with Gasteiger partial charge >= 0.3 is 0 Å². The van der Waals surface area contributed by atoms with Gasteiger partial charge in [0.25, 0.3) is 5.91 Å². The summed E-state index contributed by atoms with van der Waals surface area (Å²) in [6, 6.07) is 0.188. The summed E-state index contributed by atoms with van der Waals surface area (Å²) in [5, 5.41) is 6.48. The molecule has 3 N–H and O–H groups in total. The molecule has 1 amide bonds. The SMILES string of the molecule is CCCc1c(C(=O)NC2CCNCC2C)[nH]c(C)c1C(C)=O. The molecule has 5 heteroatoms. The summed E-state index contributed by atoms with van der Waals surface area (Å²) < 4.78 is 0. The summed E-state index contributed by atoms with van der Waals surface area (Å²) in [4.78, 5) is 27.7. The third-order valence-corrected chi connectivity index (χ3v) is 4.47. The van der Waals surface area contributed by atoms with Crippen LogP contribution < -0.4 is 10.6 Å².